The van der Waals surface area contributed by atoms with Gasteiger partial charge in [0.25, 0.3) is 0 Å². The van der Waals surface area contributed by atoms with E-state index in [-0.39, 0.29) is 29.7 Å². The smallest absolute Gasteiger partial charge is 0.242 e. The van der Waals surface area contributed by atoms with Gasteiger partial charge in [0.1, 0.15) is 0 Å². The minimum Gasteiger partial charge on any atom is -0.493 e. The van der Waals surface area contributed by atoms with Gasteiger partial charge in [-0.05, 0) is 36.4 Å². The van der Waals surface area contributed by atoms with Crippen molar-refractivity contribution in [3.8, 4) is 11.5 Å². The Morgan fingerprint density at radius 3 is 2.29 bits per heavy atom. The summed E-state index contributed by atoms with van der Waals surface area (Å²) >= 11 is 0. The number of rotatable bonds is 7. The predicted octanol–water partition coefficient (Wildman–Crippen LogP) is 1.95. The van der Waals surface area contributed by atoms with Gasteiger partial charge in [0.05, 0.1) is 25.0 Å². The van der Waals surface area contributed by atoms with E-state index in [1.54, 1.807) is 30.3 Å². The Bertz CT molecular complexity index is 1080. The van der Waals surface area contributed by atoms with Crippen LogP contribution in [-0.4, -0.2) is 59.4 Å². The molecule has 0 radical (unpaired) electrons. The summed E-state index contributed by atoms with van der Waals surface area (Å²) < 4.78 is 36.0. The molecule has 3 rings (SSSR count). The largest absolute Gasteiger partial charge is 0.493 e. The summed E-state index contributed by atoms with van der Waals surface area (Å²) in [4.78, 5) is 26.8. The lowest BCUT2D eigenvalue weighted by Crippen LogP contribution is -2.28. The standard InChI is InChI=1S/C21H25N3O6S/c1-23(2)31(27,28)17-8-6-16(7-9-17)24-13-14(11-20(24)25)21(26)22-15-5-10-18(29-3)19(12-15)30-4/h5-10,12,14H,11,13H2,1-4H3,(H,22,26)/t14-/m0/s1. The third-order valence-electron chi connectivity index (χ3n) is 5.07. The molecule has 9 nitrogen and oxygen atoms in total. The van der Waals surface area contributed by atoms with Crippen LogP contribution < -0.4 is 19.7 Å². The number of methoxy groups -OCH3 is 2. The molecule has 31 heavy (non-hydrogen) atoms. The summed E-state index contributed by atoms with van der Waals surface area (Å²) in [6.45, 7) is 0.206. The van der Waals surface area contributed by atoms with E-state index in [2.05, 4.69) is 5.32 Å². The van der Waals surface area contributed by atoms with Crippen LogP contribution in [0.1, 0.15) is 6.42 Å². The number of carbonyl (C=O) groups is 2. The summed E-state index contributed by atoms with van der Waals surface area (Å²) in [7, 11) is 2.38. The van der Waals surface area contributed by atoms with Crippen molar-refractivity contribution >= 4 is 33.2 Å². The maximum Gasteiger partial charge on any atom is 0.242 e. The Morgan fingerprint density at radius 2 is 1.71 bits per heavy atom. The maximum atomic E-state index is 12.7. The lowest BCUT2D eigenvalue weighted by atomic mass is 10.1. The number of anilines is 2. The predicted molar refractivity (Wildman–Crippen MR) is 116 cm³/mol. The van der Waals surface area contributed by atoms with Crippen LogP contribution in [0.25, 0.3) is 0 Å². The zero-order chi connectivity index (χ0) is 22.8. The molecule has 1 N–H and O–H groups in total. The van der Waals surface area contributed by atoms with Crippen molar-refractivity contribution in [1.82, 2.24) is 4.31 Å². The fourth-order valence-corrected chi connectivity index (χ4v) is 4.20. The second-order valence-electron chi connectivity index (χ2n) is 7.25. The Balaban J connectivity index is 1.71. The van der Waals surface area contributed by atoms with Crippen molar-refractivity contribution in [3.63, 3.8) is 0 Å². The number of hydrogen-bond acceptors (Lipinski definition) is 6. The first kappa shape index (κ1) is 22.6. The quantitative estimate of drug-likeness (QED) is 0.696. The summed E-state index contributed by atoms with van der Waals surface area (Å²) in [6, 6.07) is 11.1. The first-order valence-corrected chi connectivity index (χ1v) is 11.0. The third-order valence-corrected chi connectivity index (χ3v) is 6.90. The van der Waals surface area contributed by atoms with Crippen molar-refractivity contribution in [1.29, 1.82) is 0 Å². The van der Waals surface area contributed by atoms with Gasteiger partial charge in [0, 0.05) is 44.5 Å². The van der Waals surface area contributed by atoms with Crippen LogP contribution in [-0.2, 0) is 19.6 Å². The molecule has 1 heterocycles. The highest BCUT2D eigenvalue weighted by Gasteiger charge is 2.35. The molecule has 2 aromatic carbocycles. The molecule has 0 unspecified atom stereocenters. The normalized spacial score (nSPS) is 16.5. The van der Waals surface area contributed by atoms with Gasteiger partial charge >= 0.3 is 0 Å². The van der Waals surface area contributed by atoms with E-state index in [9.17, 15) is 18.0 Å². The van der Waals surface area contributed by atoms with Gasteiger partial charge in [0.2, 0.25) is 21.8 Å². The van der Waals surface area contributed by atoms with E-state index >= 15 is 0 Å². The van der Waals surface area contributed by atoms with Gasteiger partial charge < -0.3 is 19.7 Å². The molecule has 2 aromatic rings. The van der Waals surface area contributed by atoms with E-state index in [1.807, 2.05) is 0 Å². The third kappa shape index (κ3) is 4.64. The summed E-state index contributed by atoms with van der Waals surface area (Å²) in [5, 5.41) is 2.81. The molecule has 1 fully saturated rings. The van der Waals surface area contributed by atoms with Crippen LogP contribution in [0.4, 0.5) is 11.4 Å². The van der Waals surface area contributed by atoms with Crippen molar-refractivity contribution < 1.29 is 27.5 Å². The van der Waals surface area contributed by atoms with Gasteiger partial charge in [-0.25, -0.2) is 12.7 Å². The van der Waals surface area contributed by atoms with E-state index in [1.165, 1.54) is 45.3 Å². The Kier molecular flexibility index (Phi) is 6.51. The molecular formula is C21H25N3O6S. The molecule has 0 aliphatic carbocycles. The van der Waals surface area contributed by atoms with E-state index < -0.39 is 15.9 Å². The molecule has 1 aliphatic heterocycles. The van der Waals surface area contributed by atoms with Gasteiger partial charge in [0.15, 0.2) is 11.5 Å². The maximum absolute atomic E-state index is 12.7. The molecule has 1 aliphatic rings. The monoisotopic (exact) mass is 447 g/mol. The van der Waals surface area contributed by atoms with Crippen LogP contribution >= 0.6 is 0 Å². The minimum atomic E-state index is -3.55. The van der Waals surface area contributed by atoms with Gasteiger partial charge in [-0.3, -0.25) is 9.59 Å². The van der Waals surface area contributed by atoms with Crippen LogP contribution in [0.5, 0.6) is 11.5 Å². The lowest BCUT2D eigenvalue weighted by Gasteiger charge is -2.18. The van der Waals surface area contributed by atoms with Crippen molar-refractivity contribution in [2.45, 2.75) is 11.3 Å². The molecule has 2 amide bonds. The van der Waals surface area contributed by atoms with E-state index in [0.717, 1.165) is 4.31 Å². The van der Waals surface area contributed by atoms with Crippen LogP contribution in [0.2, 0.25) is 0 Å². The molecule has 166 valence electrons. The van der Waals surface area contributed by atoms with E-state index in [4.69, 9.17) is 9.47 Å². The fourth-order valence-electron chi connectivity index (χ4n) is 3.30. The Labute approximate surface area is 181 Å². The van der Waals surface area contributed by atoms with Crippen molar-refractivity contribution in [2.75, 3.05) is 45.1 Å². The fraction of sp³-hybridized carbons (Fsp3) is 0.333. The van der Waals surface area contributed by atoms with E-state index in [0.29, 0.717) is 22.9 Å². The Morgan fingerprint density at radius 1 is 1.06 bits per heavy atom. The SMILES string of the molecule is COc1ccc(NC(=O)[C@H]2CC(=O)N(c3ccc(S(=O)(=O)N(C)C)cc3)C2)cc1OC. The van der Waals surface area contributed by atoms with Gasteiger partial charge in [-0.1, -0.05) is 0 Å². The Hall–Kier alpha value is -3.11. The molecule has 0 spiro atoms. The number of amides is 2. The van der Waals surface area contributed by atoms with Crippen molar-refractivity contribution in [2.24, 2.45) is 5.92 Å². The molecule has 1 saturated heterocycles. The summed E-state index contributed by atoms with van der Waals surface area (Å²) in [5.74, 6) is 0.0102. The molecular weight excluding hydrogens is 422 g/mol. The zero-order valence-electron chi connectivity index (χ0n) is 17.8. The summed E-state index contributed by atoms with van der Waals surface area (Å²) in [6.07, 6.45) is 0.0663. The number of benzene rings is 2. The average molecular weight is 448 g/mol. The lowest BCUT2D eigenvalue weighted by molar-refractivity contribution is -0.122. The van der Waals surface area contributed by atoms with Gasteiger partial charge in [-0.2, -0.15) is 0 Å². The highest BCUT2D eigenvalue weighted by Crippen LogP contribution is 2.31. The number of carbonyl (C=O) groups excluding carboxylic acids is 2. The number of ether oxygens (including phenoxy) is 2. The molecule has 0 saturated carbocycles. The first-order valence-electron chi connectivity index (χ1n) is 9.53. The number of nitrogens with zero attached hydrogens (tertiary/aromatic N) is 2. The number of sulfonamides is 1. The molecule has 0 bridgehead atoms. The topological polar surface area (TPSA) is 105 Å². The number of nitrogens with one attached hydrogen (secondary N) is 1. The number of hydrogen-bond donors (Lipinski definition) is 1. The van der Waals surface area contributed by atoms with Crippen LogP contribution in [0.3, 0.4) is 0 Å². The molecule has 1 atom stereocenters. The highest BCUT2D eigenvalue weighted by molar-refractivity contribution is 7.89. The van der Waals surface area contributed by atoms with Crippen LogP contribution in [0, 0.1) is 5.92 Å². The second kappa shape index (κ2) is 8.94. The van der Waals surface area contributed by atoms with Gasteiger partial charge in [-0.15, -0.1) is 0 Å². The van der Waals surface area contributed by atoms with Crippen molar-refractivity contribution in [3.05, 3.63) is 42.5 Å². The average Bonchev–Trinajstić information content (AvgIpc) is 3.15. The zero-order valence-corrected chi connectivity index (χ0v) is 18.6. The molecule has 10 heteroatoms. The molecule has 0 aromatic heterocycles. The second-order valence-corrected chi connectivity index (χ2v) is 9.40. The summed E-state index contributed by atoms with van der Waals surface area (Å²) in [5.41, 5.74) is 1.08. The minimum absolute atomic E-state index is 0.0663. The highest BCUT2D eigenvalue weighted by atomic mass is 32.2. The van der Waals surface area contributed by atoms with Crippen LogP contribution in [0.15, 0.2) is 47.4 Å². The first-order chi connectivity index (χ1) is 14.7.